The van der Waals surface area contributed by atoms with E-state index >= 15 is 0 Å². The summed E-state index contributed by atoms with van der Waals surface area (Å²) in [4.78, 5) is 2.17. The van der Waals surface area contributed by atoms with Gasteiger partial charge < -0.3 is 4.90 Å². The second kappa shape index (κ2) is 6.37. The molecule has 1 aliphatic rings. The van der Waals surface area contributed by atoms with E-state index in [2.05, 4.69) is 9.62 Å². The lowest BCUT2D eigenvalue weighted by molar-refractivity contribution is 0.599. The van der Waals surface area contributed by atoms with Crippen LogP contribution in [0, 0.1) is 5.82 Å². The van der Waals surface area contributed by atoms with Crippen LogP contribution < -0.4 is 9.62 Å². The van der Waals surface area contributed by atoms with Gasteiger partial charge in [0.25, 0.3) is 10.0 Å². The van der Waals surface area contributed by atoms with Crippen molar-refractivity contribution < 1.29 is 12.8 Å². The maximum absolute atomic E-state index is 12.9. The van der Waals surface area contributed by atoms with E-state index in [0.29, 0.717) is 10.7 Å². The van der Waals surface area contributed by atoms with E-state index in [1.165, 1.54) is 12.1 Å². The van der Waals surface area contributed by atoms with Crippen molar-refractivity contribution in [1.82, 2.24) is 0 Å². The number of benzene rings is 2. The molecule has 0 unspecified atom stereocenters. The number of halogens is 2. The first-order valence-electron chi connectivity index (χ1n) is 7.29. The zero-order valence-corrected chi connectivity index (χ0v) is 13.9. The molecule has 1 N–H and O–H groups in total. The third-order valence-electron chi connectivity index (χ3n) is 3.79. The molecule has 2 aromatic rings. The van der Waals surface area contributed by atoms with Crippen molar-refractivity contribution in [2.45, 2.75) is 17.7 Å². The predicted molar refractivity (Wildman–Crippen MR) is 90.1 cm³/mol. The second-order valence-corrected chi connectivity index (χ2v) is 7.51. The Morgan fingerprint density at radius 1 is 1.04 bits per heavy atom. The molecule has 0 aliphatic carbocycles. The van der Waals surface area contributed by atoms with E-state index in [1.54, 1.807) is 12.1 Å². The molecule has 7 heteroatoms. The molecule has 1 heterocycles. The summed E-state index contributed by atoms with van der Waals surface area (Å²) in [5, 5.41) is 0.318. The molecule has 1 saturated heterocycles. The zero-order valence-electron chi connectivity index (χ0n) is 12.3. The smallest absolute Gasteiger partial charge is 0.261 e. The minimum Gasteiger partial charge on any atom is -0.371 e. The van der Waals surface area contributed by atoms with Crippen molar-refractivity contribution in [3.05, 3.63) is 53.3 Å². The van der Waals surface area contributed by atoms with E-state index < -0.39 is 15.8 Å². The zero-order chi connectivity index (χ0) is 16.4. The monoisotopic (exact) mass is 354 g/mol. The first-order valence-corrected chi connectivity index (χ1v) is 9.15. The van der Waals surface area contributed by atoms with Crippen molar-refractivity contribution in [3.63, 3.8) is 0 Å². The van der Waals surface area contributed by atoms with Gasteiger partial charge in [0.15, 0.2) is 0 Å². The highest BCUT2D eigenvalue weighted by molar-refractivity contribution is 7.92. The van der Waals surface area contributed by atoms with E-state index in [9.17, 15) is 12.8 Å². The average Bonchev–Trinajstić information content (AvgIpc) is 3.04. The Morgan fingerprint density at radius 2 is 1.70 bits per heavy atom. The summed E-state index contributed by atoms with van der Waals surface area (Å²) in [6, 6.07) is 9.94. The Bertz CT molecular complexity index is 803. The molecule has 2 aromatic carbocycles. The van der Waals surface area contributed by atoms with E-state index in [1.807, 2.05) is 6.07 Å². The molecule has 0 spiro atoms. The van der Waals surface area contributed by atoms with Crippen LogP contribution in [0.3, 0.4) is 0 Å². The molecule has 0 aromatic heterocycles. The van der Waals surface area contributed by atoms with E-state index in [0.717, 1.165) is 43.8 Å². The van der Waals surface area contributed by atoms with Crippen molar-refractivity contribution in [2.75, 3.05) is 22.7 Å². The van der Waals surface area contributed by atoms with Crippen LogP contribution in [0.1, 0.15) is 12.8 Å². The predicted octanol–water partition coefficient (Wildman–Crippen LogP) is 3.88. The topological polar surface area (TPSA) is 49.4 Å². The lowest BCUT2D eigenvalue weighted by atomic mass is 10.2. The third-order valence-corrected chi connectivity index (χ3v) is 5.50. The fraction of sp³-hybridized carbons (Fsp3) is 0.250. The van der Waals surface area contributed by atoms with Gasteiger partial charge in [-0.2, -0.15) is 0 Å². The van der Waals surface area contributed by atoms with Gasteiger partial charge in [-0.15, -0.1) is 0 Å². The number of nitrogens with one attached hydrogen (secondary N) is 1. The van der Waals surface area contributed by atoms with Crippen LogP contribution in [0.2, 0.25) is 5.02 Å². The van der Waals surface area contributed by atoms with E-state index in [4.69, 9.17) is 11.6 Å². The van der Waals surface area contributed by atoms with Crippen molar-refractivity contribution >= 4 is 33.0 Å². The van der Waals surface area contributed by atoms with Gasteiger partial charge in [0.1, 0.15) is 5.82 Å². The normalized spacial score (nSPS) is 15.0. The number of sulfonamides is 1. The van der Waals surface area contributed by atoms with Gasteiger partial charge >= 0.3 is 0 Å². The molecule has 122 valence electrons. The Kier molecular flexibility index (Phi) is 4.46. The molecule has 0 atom stereocenters. The molecule has 0 saturated carbocycles. The fourth-order valence-electron chi connectivity index (χ4n) is 2.58. The minimum atomic E-state index is -3.81. The van der Waals surface area contributed by atoms with Gasteiger partial charge in [-0.3, -0.25) is 4.72 Å². The summed E-state index contributed by atoms with van der Waals surface area (Å²) in [5.74, 6) is -0.488. The largest absolute Gasteiger partial charge is 0.371 e. The number of hydrogen-bond acceptors (Lipinski definition) is 3. The summed E-state index contributed by atoms with van der Waals surface area (Å²) >= 11 is 6.12. The van der Waals surface area contributed by atoms with Gasteiger partial charge in [0.2, 0.25) is 0 Å². The van der Waals surface area contributed by atoms with Crippen LogP contribution >= 0.6 is 11.6 Å². The van der Waals surface area contributed by atoms with Crippen LogP contribution in [-0.2, 0) is 10.0 Å². The highest BCUT2D eigenvalue weighted by Gasteiger charge is 2.18. The molecule has 0 amide bonds. The number of nitrogens with zero attached hydrogens (tertiary/aromatic N) is 1. The van der Waals surface area contributed by atoms with Crippen LogP contribution in [0.25, 0.3) is 0 Å². The highest BCUT2D eigenvalue weighted by atomic mass is 35.5. The minimum absolute atomic E-state index is 0.0125. The third kappa shape index (κ3) is 3.59. The van der Waals surface area contributed by atoms with Crippen molar-refractivity contribution in [2.24, 2.45) is 0 Å². The molecular formula is C16H16ClFN2O2S. The molecule has 0 bridgehead atoms. The van der Waals surface area contributed by atoms with Gasteiger partial charge in [-0.05, 0) is 55.3 Å². The molecule has 3 rings (SSSR count). The van der Waals surface area contributed by atoms with Crippen molar-refractivity contribution in [1.29, 1.82) is 0 Å². The Labute approximate surface area is 139 Å². The quantitative estimate of drug-likeness (QED) is 0.906. The van der Waals surface area contributed by atoms with Gasteiger partial charge in [-0.25, -0.2) is 12.8 Å². The van der Waals surface area contributed by atoms with Crippen LogP contribution in [0.4, 0.5) is 15.8 Å². The SMILES string of the molecule is O=S(=O)(Nc1cc(N2CCCC2)ccc1Cl)c1ccc(F)cc1. The lowest BCUT2D eigenvalue weighted by Gasteiger charge is -2.19. The van der Waals surface area contributed by atoms with Crippen LogP contribution in [0.5, 0.6) is 0 Å². The number of anilines is 2. The lowest BCUT2D eigenvalue weighted by Crippen LogP contribution is -2.18. The summed E-state index contributed by atoms with van der Waals surface area (Å²) in [6.07, 6.45) is 2.25. The van der Waals surface area contributed by atoms with Gasteiger partial charge in [0.05, 0.1) is 15.6 Å². The van der Waals surface area contributed by atoms with Crippen LogP contribution in [-0.4, -0.2) is 21.5 Å². The molecule has 0 radical (unpaired) electrons. The van der Waals surface area contributed by atoms with Crippen molar-refractivity contribution in [3.8, 4) is 0 Å². The average molecular weight is 355 g/mol. The molecule has 1 aliphatic heterocycles. The van der Waals surface area contributed by atoms with Crippen LogP contribution in [0.15, 0.2) is 47.4 Å². The number of rotatable bonds is 4. The summed E-state index contributed by atoms with van der Waals surface area (Å²) in [7, 11) is -3.81. The number of hydrogen-bond donors (Lipinski definition) is 1. The molecular weight excluding hydrogens is 339 g/mol. The second-order valence-electron chi connectivity index (χ2n) is 5.42. The van der Waals surface area contributed by atoms with Gasteiger partial charge in [0, 0.05) is 18.8 Å². The first-order chi connectivity index (χ1) is 11.0. The maximum atomic E-state index is 12.9. The Balaban J connectivity index is 1.89. The molecule has 4 nitrogen and oxygen atoms in total. The van der Waals surface area contributed by atoms with Gasteiger partial charge in [-0.1, -0.05) is 11.6 Å². The summed E-state index contributed by atoms with van der Waals surface area (Å²) < 4.78 is 40.2. The fourth-order valence-corrected chi connectivity index (χ4v) is 3.87. The first kappa shape index (κ1) is 16.1. The Morgan fingerprint density at radius 3 is 2.35 bits per heavy atom. The Hall–Kier alpha value is -1.79. The summed E-state index contributed by atoms with van der Waals surface area (Å²) in [6.45, 7) is 1.90. The summed E-state index contributed by atoms with van der Waals surface area (Å²) in [5.41, 5.74) is 1.25. The highest BCUT2D eigenvalue weighted by Crippen LogP contribution is 2.31. The molecule has 1 fully saturated rings. The molecule has 23 heavy (non-hydrogen) atoms. The maximum Gasteiger partial charge on any atom is 0.261 e. The van der Waals surface area contributed by atoms with E-state index in [-0.39, 0.29) is 4.90 Å². The standard InChI is InChI=1S/C16H16ClFN2O2S/c17-15-8-5-13(20-9-1-2-10-20)11-16(15)19-23(21,22)14-6-3-12(18)4-7-14/h3-8,11,19H,1-2,9-10H2.